The summed E-state index contributed by atoms with van der Waals surface area (Å²) < 4.78 is 12.7. The maximum Gasteiger partial charge on any atom is 0.168 e. The van der Waals surface area contributed by atoms with Gasteiger partial charge in [0, 0.05) is 35.8 Å². The molecule has 4 heteroatoms. The van der Waals surface area contributed by atoms with Crippen LogP contribution in [0.3, 0.4) is 0 Å². The van der Waals surface area contributed by atoms with Gasteiger partial charge < -0.3 is 13.8 Å². The number of nitrogens with zero attached hydrogens (tertiary/aromatic N) is 2. The maximum atomic E-state index is 5.27. The number of fused-ring (bicyclic) bond motifs is 1. The quantitative estimate of drug-likeness (QED) is 0.707. The Morgan fingerprint density at radius 3 is 2.89 bits per heavy atom. The van der Waals surface area contributed by atoms with E-state index in [1.165, 1.54) is 0 Å². The number of aryl methyl sites for hydroxylation is 1. The lowest BCUT2D eigenvalue weighted by molar-refractivity contribution is 0.415. The largest absolute Gasteiger partial charge is 0.497 e. The normalized spacial score (nSPS) is 11.0. The van der Waals surface area contributed by atoms with Gasteiger partial charge in [0.05, 0.1) is 18.8 Å². The first-order valence-electron chi connectivity index (χ1n) is 5.91. The summed E-state index contributed by atoms with van der Waals surface area (Å²) in [4.78, 5) is 0. The molecule has 0 saturated carbocycles. The highest BCUT2D eigenvalue weighted by Gasteiger charge is 2.12. The van der Waals surface area contributed by atoms with Gasteiger partial charge in [-0.05, 0) is 19.1 Å². The second-order valence-corrected chi connectivity index (χ2v) is 4.09. The molecule has 0 aliphatic rings. The molecule has 18 heavy (non-hydrogen) atoms. The molecule has 0 amide bonds. The summed E-state index contributed by atoms with van der Waals surface area (Å²) in [6, 6.07) is 7.93. The second-order valence-electron chi connectivity index (χ2n) is 4.09. The molecule has 4 nitrogen and oxygen atoms in total. The Labute approximate surface area is 105 Å². The fraction of sp³-hybridized carbons (Fsp3) is 0.214. The summed E-state index contributed by atoms with van der Waals surface area (Å²) in [5.41, 5.74) is 2.20. The zero-order valence-electron chi connectivity index (χ0n) is 10.4. The van der Waals surface area contributed by atoms with Gasteiger partial charge in [-0.2, -0.15) is 0 Å². The number of rotatable bonds is 3. The van der Waals surface area contributed by atoms with Crippen molar-refractivity contribution in [1.82, 2.24) is 9.72 Å². The first kappa shape index (κ1) is 10.9. The Balaban J connectivity index is 2.28. The molecule has 2 heterocycles. The van der Waals surface area contributed by atoms with Crippen molar-refractivity contribution in [2.45, 2.75) is 13.5 Å². The lowest BCUT2D eigenvalue weighted by atomic mass is 10.1. The third-order valence-corrected chi connectivity index (χ3v) is 3.13. The molecule has 0 N–H and O–H groups in total. The smallest absolute Gasteiger partial charge is 0.168 e. The minimum Gasteiger partial charge on any atom is -0.497 e. The number of benzene rings is 1. The van der Waals surface area contributed by atoms with Crippen LogP contribution in [0.1, 0.15) is 6.92 Å². The molecule has 0 radical (unpaired) electrons. The fourth-order valence-corrected chi connectivity index (χ4v) is 2.21. The molecule has 0 unspecified atom stereocenters. The van der Waals surface area contributed by atoms with E-state index >= 15 is 0 Å². The molecule has 0 bridgehead atoms. The Hall–Kier alpha value is -2.23. The van der Waals surface area contributed by atoms with Crippen LogP contribution in [-0.4, -0.2) is 16.8 Å². The van der Waals surface area contributed by atoms with Gasteiger partial charge in [0.1, 0.15) is 5.75 Å². The number of aromatic nitrogens is 2. The molecule has 0 spiro atoms. The number of ether oxygens (including phenoxy) is 1. The SMILES string of the molecule is CCn1cc(-c2ccno2)c2ccc(OC)cc21. The van der Waals surface area contributed by atoms with Crippen LogP contribution in [0.4, 0.5) is 0 Å². The van der Waals surface area contributed by atoms with E-state index in [1.807, 2.05) is 18.2 Å². The molecule has 0 aliphatic carbocycles. The van der Waals surface area contributed by atoms with E-state index in [2.05, 4.69) is 28.9 Å². The predicted molar refractivity (Wildman–Crippen MR) is 69.7 cm³/mol. The predicted octanol–water partition coefficient (Wildman–Crippen LogP) is 3.32. The fourth-order valence-electron chi connectivity index (χ4n) is 2.21. The van der Waals surface area contributed by atoms with Crippen molar-refractivity contribution in [2.24, 2.45) is 0 Å². The van der Waals surface area contributed by atoms with E-state index in [4.69, 9.17) is 9.26 Å². The van der Waals surface area contributed by atoms with Crippen LogP contribution in [0.25, 0.3) is 22.2 Å². The molecule has 0 atom stereocenters. The van der Waals surface area contributed by atoms with Crippen molar-refractivity contribution in [3.63, 3.8) is 0 Å². The summed E-state index contributed by atoms with van der Waals surface area (Å²) in [5.74, 6) is 1.65. The Bertz CT molecular complexity index is 668. The molecule has 1 aromatic carbocycles. The average Bonchev–Trinajstić information content (AvgIpc) is 3.04. The van der Waals surface area contributed by atoms with Gasteiger partial charge in [0.15, 0.2) is 5.76 Å². The van der Waals surface area contributed by atoms with Crippen LogP contribution in [-0.2, 0) is 6.54 Å². The lowest BCUT2D eigenvalue weighted by Crippen LogP contribution is -1.91. The highest BCUT2D eigenvalue weighted by Crippen LogP contribution is 2.32. The molecule has 3 aromatic rings. The Kier molecular flexibility index (Phi) is 2.55. The summed E-state index contributed by atoms with van der Waals surface area (Å²) in [6.07, 6.45) is 3.75. The highest BCUT2D eigenvalue weighted by molar-refractivity contribution is 5.95. The van der Waals surface area contributed by atoms with Gasteiger partial charge in [0.25, 0.3) is 0 Å². The van der Waals surface area contributed by atoms with E-state index < -0.39 is 0 Å². The van der Waals surface area contributed by atoms with Gasteiger partial charge in [-0.25, -0.2) is 0 Å². The lowest BCUT2D eigenvalue weighted by Gasteiger charge is -2.03. The van der Waals surface area contributed by atoms with Crippen LogP contribution in [0.15, 0.2) is 41.2 Å². The third kappa shape index (κ3) is 1.57. The van der Waals surface area contributed by atoms with E-state index in [-0.39, 0.29) is 0 Å². The summed E-state index contributed by atoms with van der Waals surface area (Å²) in [7, 11) is 1.68. The van der Waals surface area contributed by atoms with Gasteiger partial charge >= 0.3 is 0 Å². The molecule has 3 rings (SSSR count). The molecular formula is C14H14N2O2. The van der Waals surface area contributed by atoms with E-state index in [9.17, 15) is 0 Å². The Morgan fingerprint density at radius 2 is 2.22 bits per heavy atom. The van der Waals surface area contributed by atoms with Crippen molar-refractivity contribution in [2.75, 3.05) is 7.11 Å². The molecule has 2 aromatic heterocycles. The van der Waals surface area contributed by atoms with Crippen molar-refractivity contribution < 1.29 is 9.26 Å². The summed E-state index contributed by atoms with van der Waals surface area (Å²) in [5, 5.41) is 4.91. The van der Waals surface area contributed by atoms with Crippen LogP contribution in [0, 0.1) is 0 Å². The second kappa shape index (κ2) is 4.22. The maximum absolute atomic E-state index is 5.27. The van der Waals surface area contributed by atoms with Gasteiger partial charge in [-0.1, -0.05) is 5.16 Å². The van der Waals surface area contributed by atoms with Crippen molar-refractivity contribution >= 4 is 10.9 Å². The molecule has 0 fully saturated rings. The van der Waals surface area contributed by atoms with E-state index in [1.54, 1.807) is 13.3 Å². The first-order chi connectivity index (χ1) is 8.83. The van der Waals surface area contributed by atoms with Crippen LogP contribution in [0.2, 0.25) is 0 Å². The Morgan fingerprint density at radius 1 is 1.33 bits per heavy atom. The zero-order chi connectivity index (χ0) is 12.5. The minimum absolute atomic E-state index is 0.789. The van der Waals surface area contributed by atoms with E-state index in [0.717, 1.165) is 34.5 Å². The highest BCUT2D eigenvalue weighted by atomic mass is 16.5. The zero-order valence-corrected chi connectivity index (χ0v) is 10.4. The van der Waals surface area contributed by atoms with Gasteiger partial charge in [-0.3, -0.25) is 0 Å². The summed E-state index contributed by atoms with van der Waals surface area (Å²) in [6.45, 7) is 3.01. The minimum atomic E-state index is 0.789. The topological polar surface area (TPSA) is 40.2 Å². The average molecular weight is 242 g/mol. The van der Waals surface area contributed by atoms with Gasteiger partial charge in [0.2, 0.25) is 0 Å². The molecule has 92 valence electrons. The number of hydrogen-bond donors (Lipinski definition) is 0. The van der Waals surface area contributed by atoms with Crippen molar-refractivity contribution in [1.29, 1.82) is 0 Å². The van der Waals surface area contributed by atoms with Gasteiger partial charge in [-0.15, -0.1) is 0 Å². The molecule has 0 aliphatic heterocycles. The van der Waals surface area contributed by atoms with Crippen LogP contribution >= 0.6 is 0 Å². The number of methoxy groups -OCH3 is 1. The standard InChI is InChI=1S/C14H14N2O2/c1-3-16-9-12(14-6-7-15-18-14)11-5-4-10(17-2)8-13(11)16/h4-9H,3H2,1-2H3. The van der Waals surface area contributed by atoms with Crippen LogP contribution in [0.5, 0.6) is 5.75 Å². The third-order valence-electron chi connectivity index (χ3n) is 3.13. The van der Waals surface area contributed by atoms with Crippen molar-refractivity contribution in [3.05, 3.63) is 36.7 Å². The summed E-state index contributed by atoms with van der Waals surface area (Å²) >= 11 is 0. The number of hydrogen-bond acceptors (Lipinski definition) is 3. The van der Waals surface area contributed by atoms with Crippen molar-refractivity contribution in [3.8, 4) is 17.1 Å². The monoisotopic (exact) mass is 242 g/mol. The van der Waals surface area contributed by atoms with E-state index in [0.29, 0.717) is 0 Å². The molecule has 0 saturated heterocycles. The molecular weight excluding hydrogens is 228 g/mol. The van der Waals surface area contributed by atoms with Crippen LogP contribution < -0.4 is 4.74 Å². The first-order valence-corrected chi connectivity index (χ1v) is 5.91.